The first-order chi connectivity index (χ1) is 8.06. The van der Waals surface area contributed by atoms with Crippen LogP contribution >= 0.6 is 0 Å². The number of amides is 1. The molecule has 0 aliphatic rings. The fourth-order valence-corrected chi connectivity index (χ4v) is 1.87. The van der Waals surface area contributed by atoms with E-state index in [4.69, 9.17) is 0 Å². The molecule has 0 aliphatic carbocycles. The Morgan fingerprint density at radius 3 is 2.82 bits per heavy atom. The van der Waals surface area contributed by atoms with Crippen LogP contribution in [0, 0.1) is 0 Å². The summed E-state index contributed by atoms with van der Waals surface area (Å²) >= 11 is 0. The Hall–Kier alpha value is -1.29. The summed E-state index contributed by atoms with van der Waals surface area (Å²) in [5.41, 5.74) is 1.23. The number of carbonyl (C=O) groups is 1. The second-order valence-corrected chi connectivity index (χ2v) is 4.44. The van der Waals surface area contributed by atoms with Crippen molar-refractivity contribution in [3.8, 4) is 0 Å². The van der Waals surface area contributed by atoms with E-state index in [2.05, 4.69) is 29.8 Å². The van der Waals surface area contributed by atoms with Crippen LogP contribution in [0.2, 0.25) is 0 Å². The minimum atomic E-state index is 0.167. The highest BCUT2D eigenvalue weighted by atomic mass is 16.2. The molecule has 4 heteroatoms. The molecule has 0 fully saturated rings. The molecule has 1 atom stereocenters. The SMILES string of the molecule is CCNC(C)c1cccn1CCC(=O)N(C)C. The maximum absolute atomic E-state index is 11.5. The highest BCUT2D eigenvalue weighted by molar-refractivity contribution is 5.75. The average Bonchev–Trinajstić information content (AvgIpc) is 2.74. The monoisotopic (exact) mass is 237 g/mol. The van der Waals surface area contributed by atoms with Gasteiger partial charge in [-0.2, -0.15) is 0 Å². The van der Waals surface area contributed by atoms with E-state index in [0.717, 1.165) is 13.1 Å². The van der Waals surface area contributed by atoms with Gasteiger partial charge in [0, 0.05) is 45.0 Å². The van der Waals surface area contributed by atoms with Crippen molar-refractivity contribution in [3.63, 3.8) is 0 Å². The molecule has 96 valence electrons. The lowest BCUT2D eigenvalue weighted by atomic mass is 10.2. The second kappa shape index (κ2) is 6.45. The van der Waals surface area contributed by atoms with Gasteiger partial charge in [0.25, 0.3) is 0 Å². The quantitative estimate of drug-likeness (QED) is 0.816. The molecule has 1 unspecified atom stereocenters. The second-order valence-electron chi connectivity index (χ2n) is 4.44. The van der Waals surface area contributed by atoms with Crippen LogP contribution in [-0.4, -0.2) is 36.0 Å². The van der Waals surface area contributed by atoms with Crippen LogP contribution in [0.3, 0.4) is 0 Å². The summed E-state index contributed by atoms with van der Waals surface area (Å²) in [5, 5.41) is 3.38. The molecule has 1 heterocycles. The molecule has 0 bridgehead atoms. The first kappa shape index (κ1) is 13.8. The number of rotatable bonds is 6. The summed E-state index contributed by atoms with van der Waals surface area (Å²) < 4.78 is 2.15. The van der Waals surface area contributed by atoms with Gasteiger partial charge in [0.2, 0.25) is 5.91 Å². The lowest BCUT2D eigenvalue weighted by Gasteiger charge is -2.17. The molecule has 1 aromatic heterocycles. The van der Waals surface area contributed by atoms with Crippen LogP contribution < -0.4 is 5.32 Å². The Morgan fingerprint density at radius 1 is 1.53 bits per heavy atom. The van der Waals surface area contributed by atoms with Crippen LogP contribution in [0.1, 0.15) is 32.0 Å². The number of aromatic nitrogens is 1. The molecule has 0 saturated heterocycles. The predicted molar refractivity (Wildman–Crippen MR) is 69.8 cm³/mol. The fraction of sp³-hybridized carbons (Fsp3) is 0.615. The summed E-state index contributed by atoms with van der Waals surface area (Å²) in [6.45, 7) is 5.93. The predicted octanol–water partition coefficient (Wildman–Crippen LogP) is 1.64. The standard InChI is InChI=1S/C13H23N3O/c1-5-14-11(2)12-7-6-9-16(12)10-8-13(17)15(3)4/h6-7,9,11,14H,5,8,10H2,1-4H3. The van der Waals surface area contributed by atoms with Crippen molar-refractivity contribution < 1.29 is 4.79 Å². The molecule has 0 radical (unpaired) electrons. The molecule has 4 nitrogen and oxygen atoms in total. The van der Waals surface area contributed by atoms with Crippen molar-refractivity contribution in [2.45, 2.75) is 32.9 Å². The van der Waals surface area contributed by atoms with Gasteiger partial charge < -0.3 is 14.8 Å². The molecule has 1 aromatic rings. The van der Waals surface area contributed by atoms with Crippen LogP contribution in [-0.2, 0) is 11.3 Å². The molecule has 0 saturated carbocycles. The summed E-state index contributed by atoms with van der Waals surface area (Å²) in [6, 6.07) is 4.46. The van der Waals surface area contributed by atoms with Gasteiger partial charge in [-0.05, 0) is 25.6 Å². The zero-order chi connectivity index (χ0) is 12.8. The van der Waals surface area contributed by atoms with E-state index < -0.39 is 0 Å². The van der Waals surface area contributed by atoms with E-state index in [9.17, 15) is 4.79 Å². The smallest absolute Gasteiger partial charge is 0.223 e. The molecular formula is C13H23N3O. The molecule has 1 amide bonds. The van der Waals surface area contributed by atoms with E-state index >= 15 is 0 Å². The van der Waals surface area contributed by atoms with Crippen molar-refractivity contribution in [2.75, 3.05) is 20.6 Å². The summed E-state index contributed by atoms with van der Waals surface area (Å²) in [4.78, 5) is 13.2. The Labute approximate surface area is 104 Å². The first-order valence-electron chi connectivity index (χ1n) is 6.14. The van der Waals surface area contributed by atoms with E-state index in [1.54, 1.807) is 19.0 Å². The van der Waals surface area contributed by atoms with Crippen molar-refractivity contribution in [1.29, 1.82) is 0 Å². The third kappa shape index (κ3) is 3.89. The van der Waals surface area contributed by atoms with E-state index in [0.29, 0.717) is 12.5 Å². The van der Waals surface area contributed by atoms with Crippen LogP contribution in [0.25, 0.3) is 0 Å². The van der Waals surface area contributed by atoms with Gasteiger partial charge in [0.15, 0.2) is 0 Å². The van der Waals surface area contributed by atoms with Gasteiger partial charge in [0.05, 0.1) is 0 Å². The number of carbonyl (C=O) groups excluding carboxylic acids is 1. The third-order valence-corrected chi connectivity index (χ3v) is 2.88. The largest absolute Gasteiger partial charge is 0.349 e. The highest BCUT2D eigenvalue weighted by Crippen LogP contribution is 2.13. The Morgan fingerprint density at radius 2 is 2.24 bits per heavy atom. The number of aryl methyl sites for hydroxylation is 1. The van der Waals surface area contributed by atoms with Crippen LogP contribution in [0.5, 0.6) is 0 Å². The average molecular weight is 237 g/mol. The van der Waals surface area contributed by atoms with E-state index in [-0.39, 0.29) is 5.91 Å². The van der Waals surface area contributed by atoms with Crippen molar-refractivity contribution >= 4 is 5.91 Å². The molecular weight excluding hydrogens is 214 g/mol. The number of nitrogens with one attached hydrogen (secondary N) is 1. The maximum Gasteiger partial charge on any atom is 0.223 e. The van der Waals surface area contributed by atoms with Gasteiger partial charge in [-0.3, -0.25) is 4.79 Å². The van der Waals surface area contributed by atoms with Crippen molar-refractivity contribution in [2.24, 2.45) is 0 Å². The highest BCUT2D eigenvalue weighted by Gasteiger charge is 2.10. The van der Waals surface area contributed by atoms with Gasteiger partial charge >= 0.3 is 0 Å². The fourth-order valence-electron chi connectivity index (χ4n) is 1.87. The third-order valence-electron chi connectivity index (χ3n) is 2.88. The van der Waals surface area contributed by atoms with Crippen molar-refractivity contribution in [1.82, 2.24) is 14.8 Å². The number of hydrogen-bond acceptors (Lipinski definition) is 2. The topological polar surface area (TPSA) is 37.3 Å². The maximum atomic E-state index is 11.5. The summed E-state index contributed by atoms with van der Waals surface area (Å²) in [7, 11) is 3.58. The van der Waals surface area contributed by atoms with E-state index in [1.165, 1.54) is 5.69 Å². The van der Waals surface area contributed by atoms with E-state index in [1.807, 2.05) is 12.3 Å². The zero-order valence-electron chi connectivity index (χ0n) is 11.2. The van der Waals surface area contributed by atoms with Crippen molar-refractivity contribution in [3.05, 3.63) is 24.0 Å². The van der Waals surface area contributed by atoms with Gasteiger partial charge in [-0.15, -0.1) is 0 Å². The lowest BCUT2D eigenvalue weighted by molar-refractivity contribution is -0.128. The number of hydrogen-bond donors (Lipinski definition) is 1. The Balaban J connectivity index is 2.60. The summed E-state index contributed by atoms with van der Waals surface area (Å²) in [6.07, 6.45) is 2.58. The molecule has 1 rings (SSSR count). The molecule has 0 spiro atoms. The lowest BCUT2D eigenvalue weighted by Crippen LogP contribution is -2.24. The minimum Gasteiger partial charge on any atom is -0.349 e. The number of nitrogens with zero attached hydrogens (tertiary/aromatic N) is 2. The normalized spacial score (nSPS) is 12.5. The Bertz CT molecular complexity index is 357. The first-order valence-corrected chi connectivity index (χ1v) is 6.14. The van der Waals surface area contributed by atoms with Gasteiger partial charge in [0.1, 0.15) is 0 Å². The molecule has 17 heavy (non-hydrogen) atoms. The van der Waals surface area contributed by atoms with Gasteiger partial charge in [-0.1, -0.05) is 6.92 Å². The zero-order valence-corrected chi connectivity index (χ0v) is 11.2. The van der Waals surface area contributed by atoms with Crippen LogP contribution in [0.15, 0.2) is 18.3 Å². The van der Waals surface area contributed by atoms with Crippen LogP contribution in [0.4, 0.5) is 0 Å². The van der Waals surface area contributed by atoms with Gasteiger partial charge in [-0.25, -0.2) is 0 Å². The summed E-state index contributed by atoms with van der Waals surface area (Å²) in [5.74, 6) is 0.167. The molecule has 0 aliphatic heterocycles. The Kier molecular flexibility index (Phi) is 5.22. The molecule has 1 N–H and O–H groups in total. The minimum absolute atomic E-state index is 0.167. The molecule has 0 aromatic carbocycles.